The van der Waals surface area contributed by atoms with E-state index in [1.807, 2.05) is 6.07 Å². The van der Waals surface area contributed by atoms with Crippen LogP contribution in [0.15, 0.2) is 60.7 Å². The van der Waals surface area contributed by atoms with Gasteiger partial charge in [0.25, 0.3) is 0 Å². The Morgan fingerprint density at radius 3 is 2.56 bits per heavy atom. The summed E-state index contributed by atoms with van der Waals surface area (Å²) in [4.78, 5) is 24.2. The molecule has 5 heterocycles. The molecular formula is C33H36N4O4. The molecule has 2 fully saturated rings. The Hall–Kier alpha value is -3.75. The number of pyridine rings is 1. The first kappa shape index (κ1) is 26.2. The van der Waals surface area contributed by atoms with Crippen LogP contribution in [-0.2, 0) is 29.0 Å². The first-order chi connectivity index (χ1) is 20.2. The monoisotopic (exact) mass is 552 g/mol. The number of benzene rings is 2. The molecule has 0 aliphatic carbocycles. The number of imidazole rings is 1. The Morgan fingerprint density at radius 1 is 0.976 bits per heavy atom. The summed E-state index contributed by atoms with van der Waals surface area (Å²) in [5.74, 6) is 2.12. The fourth-order valence-corrected chi connectivity index (χ4v) is 6.55. The highest BCUT2D eigenvalue weighted by Crippen LogP contribution is 2.41. The van der Waals surface area contributed by atoms with Crippen LogP contribution < -0.4 is 4.74 Å². The summed E-state index contributed by atoms with van der Waals surface area (Å²) in [6.07, 6.45) is 5.60. The zero-order chi connectivity index (χ0) is 27.8. The van der Waals surface area contributed by atoms with Crippen LogP contribution >= 0.6 is 0 Å². The number of rotatable bonds is 7. The number of carbonyl (C=O) groups is 1. The van der Waals surface area contributed by atoms with Gasteiger partial charge in [0.2, 0.25) is 0 Å². The van der Waals surface area contributed by atoms with Crippen molar-refractivity contribution in [2.75, 3.05) is 26.8 Å². The van der Waals surface area contributed by atoms with Gasteiger partial charge in [-0.1, -0.05) is 42.5 Å². The van der Waals surface area contributed by atoms with Gasteiger partial charge in [-0.3, -0.25) is 4.90 Å². The number of likely N-dealkylation sites (tertiary alicyclic amines) is 1. The van der Waals surface area contributed by atoms with Gasteiger partial charge in [0, 0.05) is 6.61 Å². The van der Waals surface area contributed by atoms with E-state index in [0.717, 1.165) is 81.1 Å². The van der Waals surface area contributed by atoms with E-state index in [-0.39, 0.29) is 12.2 Å². The second kappa shape index (κ2) is 11.3. The number of carbonyl (C=O) groups excluding carboxylic acids is 1. The van der Waals surface area contributed by atoms with E-state index < -0.39 is 5.97 Å². The van der Waals surface area contributed by atoms with Crippen molar-refractivity contribution >= 4 is 17.1 Å². The highest BCUT2D eigenvalue weighted by atomic mass is 16.5. The van der Waals surface area contributed by atoms with Crippen molar-refractivity contribution in [2.45, 2.75) is 63.3 Å². The molecule has 0 saturated carbocycles. The van der Waals surface area contributed by atoms with E-state index in [9.17, 15) is 4.79 Å². The van der Waals surface area contributed by atoms with Gasteiger partial charge in [-0.2, -0.15) is 0 Å². The predicted molar refractivity (Wildman–Crippen MR) is 155 cm³/mol. The summed E-state index contributed by atoms with van der Waals surface area (Å²) in [7, 11) is 1.38. The second-order valence-electron chi connectivity index (χ2n) is 11.4. The first-order valence-electron chi connectivity index (χ1n) is 14.8. The Morgan fingerprint density at radius 2 is 1.80 bits per heavy atom. The third-order valence-corrected chi connectivity index (χ3v) is 8.90. The Balaban J connectivity index is 1.06. The molecule has 0 N–H and O–H groups in total. The van der Waals surface area contributed by atoms with E-state index >= 15 is 0 Å². The Labute approximate surface area is 240 Å². The van der Waals surface area contributed by atoms with Gasteiger partial charge < -0.3 is 18.8 Å². The smallest absolute Gasteiger partial charge is 0.356 e. The van der Waals surface area contributed by atoms with Gasteiger partial charge in [0.15, 0.2) is 11.3 Å². The number of hydrogen-bond donors (Lipinski definition) is 0. The average Bonchev–Trinajstić information content (AvgIpc) is 3.34. The normalized spacial score (nSPS) is 21.2. The number of aromatic nitrogens is 3. The molecule has 2 saturated heterocycles. The van der Waals surface area contributed by atoms with Gasteiger partial charge >= 0.3 is 5.97 Å². The SMILES string of the molecule is COC(=O)c1ccc2nc(CN3CCC(c4cccc5c4CCC(c4ccccc4)O5)CC3)n(C[C@@H]3CCO3)c2n1. The number of piperidine rings is 1. The summed E-state index contributed by atoms with van der Waals surface area (Å²) in [6, 6.07) is 20.7. The molecule has 212 valence electrons. The highest BCUT2D eigenvalue weighted by Gasteiger charge is 2.29. The molecule has 7 rings (SSSR count). The average molecular weight is 553 g/mol. The van der Waals surface area contributed by atoms with Crippen molar-refractivity contribution in [3.63, 3.8) is 0 Å². The molecule has 1 unspecified atom stereocenters. The number of methoxy groups -OCH3 is 1. The molecule has 2 atom stereocenters. The molecule has 4 aromatic rings. The second-order valence-corrected chi connectivity index (χ2v) is 11.4. The van der Waals surface area contributed by atoms with Gasteiger partial charge in [0.05, 0.1) is 26.3 Å². The van der Waals surface area contributed by atoms with Crippen LogP contribution in [0, 0.1) is 0 Å². The number of ether oxygens (including phenoxy) is 3. The van der Waals surface area contributed by atoms with Crippen LogP contribution in [0.4, 0.5) is 0 Å². The molecule has 2 aromatic heterocycles. The minimum Gasteiger partial charge on any atom is -0.485 e. The van der Waals surface area contributed by atoms with Crippen molar-refractivity contribution < 1.29 is 19.0 Å². The maximum atomic E-state index is 12.1. The van der Waals surface area contributed by atoms with Crippen molar-refractivity contribution in [3.05, 3.63) is 88.9 Å². The van der Waals surface area contributed by atoms with Gasteiger partial charge in [-0.25, -0.2) is 14.8 Å². The summed E-state index contributed by atoms with van der Waals surface area (Å²) in [5.41, 5.74) is 5.93. The fourth-order valence-electron chi connectivity index (χ4n) is 6.55. The van der Waals surface area contributed by atoms with Crippen molar-refractivity contribution in [1.82, 2.24) is 19.4 Å². The molecule has 0 spiro atoms. The molecule has 8 nitrogen and oxygen atoms in total. The molecule has 0 amide bonds. The third-order valence-electron chi connectivity index (χ3n) is 8.90. The fraction of sp³-hybridized carbons (Fsp3) is 0.424. The van der Waals surface area contributed by atoms with Crippen LogP contribution in [0.5, 0.6) is 5.75 Å². The van der Waals surface area contributed by atoms with E-state index in [0.29, 0.717) is 18.2 Å². The van der Waals surface area contributed by atoms with Crippen LogP contribution in [0.3, 0.4) is 0 Å². The van der Waals surface area contributed by atoms with Gasteiger partial charge in [0.1, 0.15) is 23.2 Å². The maximum absolute atomic E-state index is 12.1. The Bertz CT molecular complexity index is 1540. The van der Waals surface area contributed by atoms with Crippen LogP contribution in [0.1, 0.15) is 70.7 Å². The largest absolute Gasteiger partial charge is 0.485 e. The summed E-state index contributed by atoms with van der Waals surface area (Å²) < 4.78 is 19.3. The lowest BCUT2D eigenvalue weighted by atomic mass is 9.83. The van der Waals surface area contributed by atoms with E-state index in [1.54, 1.807) is 6.07 Å². The molecule has 3 aliphatic heterocycles. The zero-order valence-electron chi connectivity index (χ0n) is 23.5. The quantitative estimate of drug-likeness (QED) is 0.282. The number of fused-ring (bicyclic) bond motifs is 2. The summed E-state index contributed by atoms with van der Waals surface area (Å²) in [6.45, 7) is 4.25. The summed E-state index contributed by atoms with van der Waals surface area (Å²) in [5, 5.41) is 0. The van der Waals surface area contributed by atoms with Crippen molar-refractivity contribution in [3.8, 4) is 5.75 Å². The molecule has 0 radical (unpaired) electrons. The molecular weight excluding hydrogens is 516 g/mol. The standard InChI is InChI=1S/C33H36N4O4/c1-39-33(38)28-12-11-27-32(35-28)37(20-24-16-19-40-24)31(34-27)21-36-17-14-22(15-18-36)25-8-5-9-30-26(25)10-13-29(41-30)23-6-3-2-4-7-23/h2-9,11-12,22,24,29H,10,13-21H2,1H3/t24-,29?/m0/s1. The van der Waals surface area contributed by atoms with E-state index in [1.165, 1.54) is 23.8 Å². The molecule has 2 aromatic carbocycles. The highest BCUT2D eigenvalue weighted by molar-refractivity contribution is 5.89. The lowest BCUT2D eigenvalue weighted by molar-refractivity contribution is -0.0593. The Kier molecular flexibility index (Phi) is 7.19. The maximum Gasteiger partial charge on any atom is 0.356 e. The van der Waals surface area contributed by atoms with Gasteiger partial charge in [-0.05, 0) is 86.0 Å². The lowest BCUT2D eigenvalue weighted by Gasteiger charge is -2.35. The first-order valence-corrected chi connectivity index (χ1v) is 14.8. The van der Waals surface area contributed by atoms with E-state index in [4.69, 9.17) is 19.2 Å². The van der Waals surface area contributed by atoms with Crippen LogP contribution in [0.2, 0.25) is 0 Å². The zero-order valence-corrected chi connectivity index (χ0v) is 23.5. The molecule has 0 bridgehead atoms. The van der Waals surface area contributed by atoms with Crippen LogP contribution in [0.25, 0.3) is 11.2 Å². The van der Waals surface area contributed by atoms with Gasteiger partial charge in [-0.15, -0.1) is 0 Å². The predicted octanol–water partition coefficient (Wildman–Crippen LogP) is 5.45. The van der Waals surface area contributed by atoms with Crippen LogP contribution in [-0.4, -0.2) is 58.3 Å². The molecule has 8 heteroatoms. The number of nitrogens with zero attached hydrogens (tertiary/aromatic N) is 4. The number of esters is 1. The van der Waals surface area contributed by atoms with E-state index in [2.05, 4.69) is 63.0 Å². The minimum atomic E-state index is -0.438. The minimum absolute atomic E-state index is 0.128. The number of hydrogen-bond acceptors (Lipinski definition) is 7. The lowest BCUT2D eigenvalue weighted by Crippen LogP contribution is -2.35. The summed E-state index contributed by atoms with van der Waals surface area (Å²) >= 11 is 0. The van der Waals surface area contributed by atoms with Crippen molar-refractivity contribution in [1.29, 1.82) is 0 Å². The third kappa shape index (κ3) is 5.22. The topological polar surface area (TPSA) is 78.7 Å². The molecule has 41 heavy (non-hydrogen) atoms. The molecule has 3 aliphatic rings. The van der Waals surface area contributed by atoms with Crippen molar-refractivity contribution in [2.24, 2.45) is 0 Å².